The Bertz CT molecular complexity index is 1060. The first-order valence-corrected chi connectivity index (χ1v) is 11.1. The van der Waals surface area contributed by atoms with E-state index in [1.165, 1.54) is 4.90 Å². The molecule has 30 heavy (non-hydrogen) atoms. The number of carbonyl (C=O) groups is 1. The average Bonchev–Trinajstić information content (AvgIpc) is 2.78. The highest BCUT2D eigenvalue weighted by atomic mass is 32.2. The second kappa shape index (κ2) is 8.90. The molecule has 6 heteroatoms. The van der Waals surface area contributed by atoms with Crippen molar-refractivity contribution in [3.8, 4) is 22.3 Å². The summed E-state index contributed by atoms with van der Waals surface area (Å²) >= 11 is 1.77. The molecule has 0 unspecified atom stereocenters. The summed E-state index contributed by atoms with van der Waals surface area (Å²) in [7, 11) is 0. The molecule has 0 atom stereocenters. The minimum atomic E-state index is -0.00896. The molecule has 0 bridgehead atoms. The van der Waals surface area contributed by atoms with E-state index in [2.05, 4.69) is 64.9 Å². The fourth-order valence-electron chi connectivity index (χ4n) is 3.67. The number of nitrogens with one attached hydrogen (secondary N) is 1. The number of amides is 1. The van der Waals surface area contributed by atoms with Gasteiger partial charge in [0.25, 0.3) is 5.91 Å². The minimum absolute atomic E-state index is 0.00896. The maximum absolute atomic E-state index is 12.0. The number of hydrogen-bond donors (Lipinski definition) is 2. The molecule has 1 aliphatic rings. The first-order valence-electron chi connectivity index (χ1n) is 10.3. The van der Waals surface area contributed by atoms with Crippen LogP contribution in [0.2, 0.25) is 0 Å². The van der Waals surface area contributed by atoms with Crippen LogP contribution in [0.1, 0.15) is 29.8 Å². The van der Waals surface area contributed by atoms with Gasteiger partial charge < -0.3 is 11.1 Å². The second-order valence-corrected chi connectivity index (χ2v) is 8.43. The number of carbonyl (C=O) groups excluding carboxylic acids is 1. The van der Waals surface area contributed by atoms with E-state index >= 15 is 0 Å². The van der Waals surface area contributed by atoms with Gasteiger partial charge in [-0.3, -0.25) is 4.79 Å². The summed E-state index contributed by atoms with van der Waals surface area (Å²) in [6.45, 7) is 7.02. The van der Waals surface area contributed by atoms with Gasteiger partial charge in [0.15, 0.2) is 0 Å². The van der Waals surface area contributed by atoms with Crippen LogP contribution in [-0.4, -0.2) is 34.8 Å². The van der Waals surface area contributed by atoms with Gasteiger partial charge in [0, 0.05) is 47.4 Å². The van der Waals surface area contributed by atoms with E-state index in [-0.39, 0.29) is 5.91 Å². The number of nitrogens with zero attached hydrogens (tertiary/aromatic N) is 2. The van der Waals surface area contributed by atoms with E-state index in [1.54, 1.807) is 11.9 Å². The van der Waals surface area contributed by atoms with Crippen LogP contribution >= 0.6 is 11.9 Å². The Hall–Kier alpha value is -2.83. The fourth-order valence-corrected chi connectivity index (χ4v) is 4.48. The third-order valence-corrected chi connectivity index (χ3v) is 6.64. The van der Waals surface area contributed by atoms with Gasteiger partial charge in [-0.2, -0.15) is 0 Å². The summed E-state index contributed by atoms with van der Waals surface area (Å²) in [5, 5.41) is 2.88. The molecular formula is C24H26N4OS. The number of benzene rings is 2. The Kier molecular flexibility index (Phi) is 6.06. The maximum atomic E-state index is 12.0. The molecule has 0 spiro atoms. The van der Waals surface area contributed by atoms with Crippen LogP contribution in [0, 0.1) is 0 Å². The third-order valence-electron chi connectivity index (χ3n) is 5.39. The van der Waals surface area contributed by atoms with Crippen LogP contribution in [-0.2, 0) is 6.42 Å². The highest BCUT2D eigenvalue weighted by Gasteiger charge is 2.18. The third kappa shape index (κ3) is 4.20. The van der Waals surface area contributed by atoms with Gasteiger partial charge in [0.2, 0.25) is 0 Å². The van der Waals surface area contributed by atoms with Crippen molar-refractivity contribution in [3.63, 3.8) is 0 Å². The fraction of sp³-hybridized carbons (Fsp3) is 0.250. The van der Waals surface area contributed by atoms with Gasteiger partial charge >= 0.3 is 0 Å². The molecule has 0 aliphatic carbocycles. The highest BCUT2D eigenvalue weighted by Crippen LogP contribution is 2.32. The van der Waals surface area contributed by atoms with Crippen LogP contribution in [0.4, 0.5) is 5.82 Å². The average molecular weight is 419 g/mol. The highest BCUT2D eigenvalue weighted by molar-refractivity contribution is 7.97. The van der Waals surface area contributed by atoms with Gasteiger partial charge in [-0.15, -0.1) is 0 Å². The molecule has 4 rings (SSSR count). The zero-order valence-corrected chi connectivity index (χ0v) is 18.1. The number of fused-ring (bicyclic) bond motifs is 1. The van der Waals surface area contributed by atoms with E-state index in [0.717, 1.165) is 52.9 Å². The van der Waals surface area contributed by atoms with Gasteiger partial charge in [0.1, 0.15) is 5.82 Å². The van der Waals surface area contributed by atoms with E-state index in [9.17, 15) is 4.79 Å². The largest absolute Gasteiger partial charge is 0.383 e. The quantitative estimate of drug-likeness (QED) is 0.571. The van der Waals surface area contributed by atoms with E-state index in [0.29, 0.717) is 12.4 Å². The molecular weight excluding hydrogens is 392 g/mol. The molecule has 0 radical (unpaired) electrons. The Morgan fingerprint density at radius 2 is 1.73 bits per heavy atom. The van der Waals surface area contributed by atoms with Crippen LogP contribution in [0.25, 0.3) is 22.3 Å². The molecule has 1 amide bonds. The summed E-state index contributed by atoms with van der Waals surface area (Å²) in [5.41, 5.74) is 12.0. The van der Waals surface area contributed by atoms with Crippen LogP contribution in [0.15, 0.2) is 59.6 Å². The topological polar surface area (TPSA) is 71.2 Å². The van der Waals surface area contributed by atoms with Crippen molar-refractivity contribution in [2.75, 3.05) is 25.4 Å². The molecule has 3 N–H and O–H groups in total. The molecule has 2 heterocycles. The van der Waals surface area contributed by atoms with Gasteiger partial charge in [-0.05, 0) is 59.3 Å². The first-order chi connectivity index (χ1) is 14.6. The summed E-state index contributed by atoms with van der Waals surface area (Å²) in [6, 6.07) is 16.5. The van der Waals surface area contributed by atoms with Crippen LogP contribution in [0.3, 0.4) is 0 Å². The number of nitrogen functional groups attached to an aromatic ring is 1. The number of aromatic nitrogens is 1. The number of pyridine rings is 1. The normalized spacial score (nSPS) is 13.2. The monoisotopic (exact) mass is 418 g/mol. The number of anilines is 1. The van der Waals surface area contributed by atoms with Crippen molar-refractivity contribution in [1.82, 2.24) is 14.6 Å². The smallest absolute Gasteiger partial charge is 0.251 e. The Labute approximate surface area is 181 Å². The van der Waals surface area contributed by atoms with E-state index < -0.39 is 0 Å². The predicted octanol–water partition coefficient (Wildman–Crippen LogP) is 4.63. The zero-order chi connectivity index (χ0) is 21.1. The second-order valence-electron chi connectivity index (χ2n) is 7.26. The Balaban J connectivity index is 1.63. The molecule has 1 aromatic heterocycles. The first kappa shape index (κ1) is 20.4. The van der Waals surface area contributed by atoms with Gasteiger partial charge in [-0.1, -0.05) is 38.1 Å². The minimum Gasteiger partial charge on any atom is -0.383 e. The van der Waals surface area contributed by atoms with Crippen molar-refractivity contribution < 1.29 is 4.79 Å². The van der Waals surface area contributed by atoms with Crippen molar-refractivity contribution in [3.05, 3.63) is 65.9 Å². The summed E-state index contributed by atoms with van der Waals surface area (Å²) < 4.78 is 2.31. The van der Waals surface area contributed by atoms with Crippen molar-refractivity contribution in [1.29, 1.82) is 0 Å². The number of nitrogens with two attached hydrogens (primary N) is 1. The Morgan fingerprint density at radius 1 is 1.00 bits per heavy atom. The van der Waals surface area contributed by atoms with Crippen molar-refractivity contribution in [2.24, 2.45) is 0 Å². The molecule has 154 valence electrons. The van der Waals surface area contributed by atoms with Crippen molar-refractivity contribution >= 4 is 23.7 Å². The van der Waals surface area contributed by atoms with Gasteiger partial charge in [-0.25, -0.2) is 9.29 Å². The lowest BCUT2D eigenvalue weighted by molar-refractivity contribution is 0.0946. The SMILES string of the molecule is CCN(CC)Sc1ccc(-c2cnc(N)c(-c3ccc4c(c3)CCNC4=O)c2)cc1. The van der Waals surface area contributed by atoms with E-state index in [1.807, 2.05) is 18.3 Å². The lowest BCUT2D eigenvalue weighted by atomic mass is 9.94. The standard InChI is InChI=1S/C24H26N4OS/c1-3-28(4-2)30-20-8-5-16(6-9-20)19-14-22(23(25)27-15-19)17-7-10-21-18(13-17)11-12-26-24(21)29/h5-10,13-15H,3-4,11-12H2,1-2H3,(H2,25,27)(H,26,29). The molecule has 2 aromatic carbocycles. The zero-order valence-electron chi connectivity index (χ0n) is 17.3. The summed E-state index contributed by atoms with van der Waals surface area (Å²) in [5.74, 6) is 0.484. The predicted molar refractivity (Wildman–Crippen MR) is 124 cm³/mol. The molecule has 1 aliphatic heterocycles. The summed E-state index contributed by atoms with van der Waals surface area (Å²) in [6.07, 6.45) is 2.64. The van der Waals surface area contributed by atoms with Crippen molar-refractivity contribution in [2.45, 2.75) is 25.2 Å². The number of rotatable bonds is 6. The molecule has 0 saturated carbocycles. The number of hydrogen-bond acceptors (Lipinski definition) is 5. The summed E-state index contributed by atoms with van der Waals surface area (Å²) in [4.78, 5) is 17.7. The Morgan fingerprint density at radius 3 is 2.47 bits per heavy atom. The molecule has 3 aromatic rings. The van der Waals surface area contributed by atoms with Crippen LogP contribution in [0.5, 0.6) is 0 Å². The molecule has 0 fully saturated rings. The van der Waals surface area contributed by atoms with Crippen LogP contribution < -0.4 is 11.1 Å². The molecule has 5 nitrogen and oxygen atoms in total. The lowest BCUT2D eigenvalue weighted by Gasteiger charge is -2.18. The van der Waals surface area contributed by atoms with E-state index in [4.69, 9.17) is 5.73 Å². The van der Waals surface area contributed by atoms with Gasteiger partial charge in [0.05, 0.1) is 0 Å². The maximum Gasteiger partial charge on any atom is 0.251 e. The molecule has 0 saturated heterocycles. The lowest BCUT2D eigenvalue weighted by Crippen LogP contribution is -2.31.